The molecule has 2 aromatic heterocycles. The minimum atomic E-state index is -0.863. The molecular formula is C10H13N5O2S. The fraction of sp³-hybridized carbons (Fsp3) is 0.500. The average Bonchev–Trinajstić information content (AvgIpc) is 2.93. The van der Waals surface area contributed by atoms with Gasteiger partial charge in [-0.2, -0.15) is 0 Å². The van der Waals surface area contributed by atoms with Gasteiger partial charge in [-0.3, -0.25) is 4.79 Å². The number of hydrogen-bond donors (Lipinski definition) is 1. The van der Waals surface area contributed by atoms with E-state index in [2.05, 4.69) is 20.5 Å². The quantitative estimate of drug-likeness (QED) is 0.882. The minimum absolute atomic E-state index is 0.00232. The standard InChI is InChI=1S/C10H13N5O2S/c1-3-7(4-9(16)17)15-10(12-13-14-15)8-5-18-6(2)11-8/h5,7H,3-4H2,1-2H3,(H,16,17). The zero-order valence-corrected chi connectivity index (χ0v) is 10.9. The summed E-state index contributed by atoms with van der Waals surface area (Å²) in [6.07, 6.45) is 0.644. The second-order valence-corrected chi connectivity index (χ2v) is 4.92. The number of tetrazole rings is 1. The van der Waals surface area contributed by atoms with E-state index in [0.29, 0.717) is 17.9 Å². The van der Waals surface area contributed by atoms with Crippen LogP contribution in [0.5, 0.6) is 0 Å². The van der Waals surface area contributed by atoms with E-state index in [0.717, 1.165) is 5.01 Å². The molecule has 0 aliphatic heterocycles. The van der Waals surface area contributed by atoms with Crippen molar-refractivity contribution in [3.05, 3.63) is 10.4 Å². The van der Waals surface area contributed by atoms with Crippen molar-refractivity contribution in [2.45, 2.75) is 32.7 Å². The molecule has 0 aliphatic rings. The normalized spacial score (nSPS) is 12.6. The van der Waals surface area contributed by atoms with Crippen molar-refractivity contribution < 1.29 is 9.90 Å². The topological polar surface area (TPSA) is 93.8 Å². The van der Waals surface area contributed by atoms with Gasteiger partial charge < -0.3 is 5.11 Å². The summed E-state index contributed by atoms with van der Waals surface area (Å²) in [5.74, 6) is -0.342. The van der Waals surface area contributed by atoms with Crippen LogP contribution in [0.4, 0.5) is 0 Å². The van der Waals surface area contributed by atoms with Crippen LogP contribution < -0.4 is 0 Å². The Labute approximate surface area is 107 Å². The molecule has 1 N–H and O–H groups in total. The van der Waals surface area contributed by atoms with Crippen molar-refractivity contribution in [1.82, 2.24) is 25.2 Å². The van der Waals surface area contributed by atoms with Crippen molar-refractivity contribution in [3.63, 3.8) is 0 Å². The fourth-order valence-corrected chi connectivity index (χ4v) is 2.27. The first-order valence-electron chi connectivity index (χ1n) is 5.54. The van der Waals surface area contributed by atoms with Crippen molar-refractivity contribution in [1.29, 1.82) is 0 Å². The highest BCUT2D eigenvalue weighted by atomic mass is 32.1. The Morgan fingerprint density at radius 2 is 2.39 bits per heavy atom. The Morgan fingerprint density at radius 1 is 1.61 bits per heavy atom. The van der Waals surface area contributed by atoms with Gasteiger partial charge in [0.1, 0.15) is 5.69 Å². The van der Waals surface area contributed by atoms with Crippen LogP contribution in [0.2, 0.25) is 0 Å². The van der Waals surface area contributed by atoms with Crippen molar-refractivity contribution >= 4 is 17.3 Å². The number of rotatable bonds is 5. The van der Waals surface area contributed by atoms with Gasteiger partial charge >= 0.3 is 5.97 Å². The molecule has 0 amide bonds. The molecule has 2 rings (SSSR count). The van der Waals surface area contributed by atoms with Crippen LogP contribution in [0, 0.1) is 6.92 Å². The van der Waals surface area contributed by atoms with E-state index in [1.54, 1.807) is 4.68 Å². The van der Waals surface area contributed by atoms with E-state index in [1.807, 2.05) is 19.2 Å². The molecule has 0 saturated carbocycles. The predicted molar refractivity (Wildman–Crippen MR) is 65.2 cm³/mol. The number of aryl methyl sites for hydroxylation is 1. The number of carboxylic acids is 1. The Bertz CT molecular complexity index is 550. The number of aliphatic carboxylic acids is 1. The van der Waals surface area contributed by atoms with Gasteiger partial charge in [-0.15, -0.1) is 16.4 Å². The van der Waals surface area contributed by atoms with E-state index in [-0.39, 0.29) is 12.5 Å². The molecule has 0 fully saturated rings. The number of hydrogen-bond acceptors (Lipinski definition) is 6. The molecule has 96 valence electrons. The number of thiazole rings is 1. The Kier molecular flexibility index (Phi) is 3.66. The summed E-state index contributed by atoms with van der Waals surface area (Å²) >= 11 is 1.51. The van der Waals surface area contributed by atoms with Gasteiger partial charge in [0.2, 0.25) is 5.82 Å². The maximum Gasteiger partial charge on any atom is 0.305 e. The van der Waals surface area contributed by atoms with Gasteiger partial charge in [0.15, 0.2) is 0 Å². The van der Waals surface area contributed by atoms with Crippen LogP contribution in [0.25, 0.3) is 11.5 Å². The summed E-state index contributed by atoms with van der Waals surface area (Å²) < 4.78 is 1.54. The average molecular weight is 267 g/mol. The SMILES string of the molecule is CCC(CC(=O)O)n1nnnc1-c1csc(C)n1. The minimum Gasteiger partial charge on any atom is -0.481 e. The Morgan fingerprint density at radius 3 is 2.94 bits per heavy atom. The maximum absolute atomic E-state index is 10.8. The second-order valence-electron chi connectivity index (χ2n) is 3.86. The van der Waals surface area contributed by atoms with Gasteiger partial charge in [0, 0.05) is 5.38 Å². The second kappa shape index (κ2) is 5.21. The lowest BCUT2D eigenvalue weighted by molar-refractivity contribution is -0.138. The highest BCUT2D eigenvalue weighted by Crippen LogP contribution is 2.24. The maximum atomic E-state index is 10.8. The molecule has 1 unspecified atom stereocenters. The largest absolute Gasteiger partial charge is 0.481 e. The molecule has 0 aromatic carbocycles. The van der Waals surface area contributed by atoms with Crippen molar-refractivity contribution in [3.8, 4) is 11.5 Å². The zero-order chi connectivity index (χ0) is 13.1. The van der Waals surface area contributed by atoms with Crippen LogP contribution in [-0.4, -0.2) is 36.3 Å². The Balaban J connectivity index is 2.34. The molecule has 18 heavy (non-hydrogen) atoms. The first-order chi connectivity index (χ1) is 8.61. The van der Waals surface area contributed by atoms with Crippen molar-refractivity contribution in [2.24, 2.45) is 0 Å². The summed E-state index contributed by atoms with van der Waals surface area (Å²) in [4.78, 5) is 15.1. The van der Waals surface area contributed by atoms with E-state index >= 15 is 0 Å². The third-order valence-electron chi connectivity index (χ3n) is 2.57. The molecule has 0 radical (unpaired) electrons. The molecule has 2 heterocycles. The van der Waals surface area contributed by atoms with Crippen LogP contribution in [-0.2, 0) is 4.79 Å². The summed E-state index contributed by atoms with van der Waals surface area (Å²) in [5.41, 5.74) is 0.686. The number of nitrogens with zero attached hydrogens (tertiary/aromatic N) is 5. The lowest BCUT2D eigenvalue weighted by Gasteiger charge is -2.13. The van der Waals surface area contributed by atoms with Crippen LogP contribution >= 0.6 is 11.3 Å². The van der Waals surface area contributed by atoms with E-state index in [4.69, 9.17) is 5.11 Å². The first kappa shape index (κ1) is 12.6. The molecule has 2 aromatic rings. The van der Waals surface area contributed by atoms with E-state index in [1.165, 1.54) is 11.3 Å². The van der Waals surface area contributed by atoms with E-state index in [9.17, 15) is 4.79 Å². The summed E-state index contributed by atoms with van der Waals surface area (Å²) in [5, 5.41) is 23.1. The van der Waals surface area contributed by atoms with Gasteiger partial charge in [-0.1, -0.05) is 6.92 Å². The highest BCUT2D eigenvalue weighted by Gasteiger charge is 2.20. The molecule has 0 spiro atoms. The molecule has 1 atom stereocenters. The first-order valence-corrected chi connectivity index (χ1v) is 6.42. The van der Waals surface area contributed by atoms with Crippen LogP contribution in [0.15, 0.2) is 5.38 Å². The lowest BCUT2D eigenvalue weighted by atomic mass is 10.1. The lowest BCUT2D eigenvalue weighted by Crippen LogP contribution is -2.15. The summed E-state index contributed by atoms with van der Waals surface area (Å²) in [6.45, 7) is 3.81. The highest BCUT2D eigenvalue weighted by molar-refractivity contribution is 7.09. The van der Waals surface area contributed by atoms with Gasteiger partial charge in [0.25, 0.3) is 0 Å². The summed E-state index contributed by atoms with van der Waals surface area (Å²) in [7, 11) is 0. The van der Waals surface area contributed by atoms with Crippen LogP contribution in [0.3, 0.4) is 0 Å². The molecule has 8 heteroatoms. The monoisotopic (exact) mass is 267 g/mol. The van der Waals surface area contributed by atoms with Crippen LogP contribution in [0.1, 0.15) is 30.8 Å². The van der Waals surface area contributed by atoms with Gasteiger partial charge in [-0.25, -0.2) is 9.67 Å². The third-order valence-corrected chi connectivity index (χ3v) is 3.34. The molecule has 0 aliphatic carbocycles. The number of carboxylic acid groups (broad SMARTS) is 1. The third kappa shape index (κ3) is 2.53. The summed E-state index contributed by atoms with van der Waals surface area (Å²) in [6, 6.07) is -0.255. The van der Waals surface area contributed by atoms with E-state index < -0.39 is 5.97 Å². The molecule has 7 nitrogen and oxygen atoms in total. The van der Waals surface area contributed by atoms with Crippen molar-refractivity contribution in [2.75, 3.05) is 0 Å². The number of aromatic nitrogens is 5. The predicted octanol–water partition coefficient (Wildman–Crippen LogP) is 1.53. The van der Waals surface area contributed by atoms with Gasteiger partial charge in [-0.05, 0) is 23.8 Å². The smallest absolute Gasteiger partial charge is 0.305 e. The van der Waals surface area contributed by atoms with Gasteiger partial charge in [0.05, 0.1) is 17.5 Å². The Hall–Kier alpha value is -1.83. The number of carbonyl (C=O) groups is 1. The molecule has 0 saturated heterocycles. The molecular weight excluding hydrogens is 254 g/mol. The fourth-order valence-electron chi connectivity index (χ4n) is 1.68. The zero-order valence-electron chi connectivity index (χ0n) is 10.1. The molecule has 0 bridgehead atoms.